The first-order chi connectivity index (χ1) is 9.47. The van der Waals surface area contributed by atoms with E-state index in [-0.39, 0.29) is 12.1 Å². The number of halogens is 1. The summed E-state index contributed by atoms with van der Waals surface area (Å²) in [5, 5.41) is 2.99. The minimum atomic E-state index is -0.0621. The van der Waals surface area contributed by atoms with Crippen LogP contribution >= 0.6 is 15.9 Å². The van der Waals surface area contributed by atoms with E-state index in [1.54, 1.807) is 19.1 Å². The number of rotatable bonds is 6. The zero-order valence-electron chi connectivity index (χ0n) is 12.6. The molecule has 0 radical (unpaired) electrons. The van der Waals surface area contributed by atoms with E-state index in [4.69, 9.17) is 4.74 Å². The van der Waals surface area contributed by atoms with Crippen molar-refractivity contribution in [3.8, 4) is 5.75 Å². The molecule has 0 aromatic heterocycles. The van der Waals surface area contributed by atoms with Crippen LogP contribution in [0, 0.1) is 0 Å². The van der Waals surface area contributed by atoms with Gasteiger partial charge < -0.3 is 15.0 Å². The van der Waals surface area contributed by atoms with Gasteiger partial charge in [-0.3, -0.25) is 0 Å². The van der Waals surface area contributed by atoms with Crippen molar-refractivity contribution >= 4 is 22.0 Å². The lowest BCUT2D eigenvalue weighted by atomic mass is 10.2. The quantitative estimate of drug-likeness (QED) is 0.854. The van der Waals surface area contributed by atoms with Crippen LogP contribution in [0.15, 0.2) is 22.7 Å². The highest BCUT2D eigenvalue weighted by Gasteiger charge is 2.14. The van der Waals surface area contributed by atoms with E-state index in [0.29, 0.717) is 6.54 Å². The molecule has 2 amide bonds. The fourth-order valence-corrected chi connectivity index (χ4v) is 2.43. The smallest absolute Gasteiger partial charge is 0.317 e. The number of carbonyl (C=O) groups is 1. The number of benzene rings is 1. The van der Waals surface area contributed by atoms with Gasteiger partial charge in [-0.05, 0) is 31.5 Å². The van der Waals surface area contributed by atoms with Crippen LogP contribution in [0.25, 0.3) is 0 Å². The van der Waals surface area contributed by atoms with E-state index in [1.165, 1.54) is 0 Å². The molecule has 1 atom stereocenters. The maximum absolute atomic E-state index is 12.1. The zero-order chi connectivity index (χ0) is 15.1. The maximum atomic E-state index is 12.1. The number of hydrogen-bond donors (Lipinski definition) is 1. The molecule has 0 aliphatic heterocycles. The van der Waals surface area contributed by atoms with Gasteiger partial charge in [0.2, 0.25) is 0 Å². The Bertz CT molecular complexity index is 451. The normalized spacial score (nSPS) is 11.8. The van der Waals surface area contributed by atoms with Gasteiger partial charge in [-0.25, -0.2) is 4.79 Å². The molecule has 1 rings (SSSR count). The monoisotopic (exact) mass is 342 g/mol. The molecule has 4 nitrogen and oxygen atoms in total. The SMILES string of the molecule is CCCC(C)NC(=O)N(C)Cc1cc(Br)ccc1OC. The lowest BCUT2D eigenvalue weighted by molar-refractivity contribution is 0.202. The Morgan fingerprint density at radius 1 is 1.50 bits per heavy atom. The zero-order valence-corrected chi connectivity index (χ0v) is 14.2. The average molecular weight is 343 g/mol. The van der Waals surface area contributed by atoms with Gasteiger partial charge >= 0.3 is 6.03 Å². The topological polar surface area (TPSA) is 41.6 Å². The highest BCUT2D eigenvalue weighted by molar-refractivity contribution is 9.10. The summed E-state index contributed by atoms with van der Waals surface area (Å²) >= 11 is 3.44. The third-order valence-corrected chi connectivity index (χ3v) is 3.58. The second-order valence-corrected chi connectivity index (χ2v) is 5.87. The largest absolute Gasteiger partial charge is 0.496 e. The van der Waals surface area contributed by atoms with Crippen LogP contribution in [0.2, 0.25) is 0 Å². The first-order valence-electron chi connectivity index (χ1n) is 6.82. The molecule has 1 aromatic carbocycles. The summed E-state index contributed by atoms with van der Waals surface area (Å²) < 4.78 is 6.29. The first kappa shape index (κ1) is 16.8. The summed E-state index contributed by atoms with van der Waals surface area (Å²) in [4.78, 5) is 13.7. The number of nitrogens with zero attached hydrogens (tertiary/aromatic N) is 1. The summed E-state index contributed by atoms with van der Waals surface area (Å²) in [5.74, 6) is 0.787. The molecule has 0 aliphatic rings. The molecule has 1 aromatic rings. The summed E-state index contributed by atoms with van der Waals surface area (Å²) in [6.45, 7) is 4.64. The lowest BCUT2D eigenvalue weighted by Gasteiger charge is -2.22. The first-order valence-corrected chi connectivity index (χ1v) is 7.61. The molecule has 20 heavy (non-hydrogen) atoms. The molecule has 0 saturated heterocycles. The molecule has 0 saturated carbocycles. The highest BCUT2D eigenvalue weighted by atomic mass is 79.9. The van der Waals surface area contributed by atoms with E-state index in [9.17, 15) is 4.79 Å². The Hall–Kier alpha value is -1.23. The van der Waals surface area contributed by atoms with Crippen molar-refractivity contribution < 1.29 is 9.53 Å². The number of carbonyl (C=O) groups excluding carboxylic acids is 1. The molecule has 0 spiro atoms. The molecule has 0 heterocycles. The Kier molecular flexibility index (Phi) is 6.85. The van der Waals surface area contributed by atoms with E-state index >= 15 is 0 Å². The Balaban J connectivity index is 2.67. The van der Waals surface area contributed by atoms with Gasteiger partial charge in [0.15, 0.2) is 0 Å². The molecular weight excluding hydrogens is 320 g/mol. The van der Waals surface area contributed by atoms with E-state index < -0.39 is 0 Å². The molecule has 0 fully saturated rings. The van der Waals surface area contributed by atoms with Crippen LogP contribution < -0.4 is 10.1 Å². The molecule has 1 unspecified atom stereocenters. The van der Waals surface area contributed by atoms with Crippen molar-refractivity contribution in [1.82, 2.24) is 10.2 Å². The van der Waals surface area contributed by atoms with Gasteiger partial charge in [-0.1, -0.05) is 29.3 Å². The van der Waals surface area contributed by atoms with Crippen molar-refractivity contribution in [3.05, 3.63) is 28.2 Å². The van der Waals surface area contributed by atoms with E-state index in [0.717, 1.165) is 28.6 Å². The van der Waals surface area contributed by atoms with Crippen LogP contribution in [0.4, 0.5) is 4.79 Å². The minimum absolute atomic E-state index is 0.0621. The van der Waals surface area contributed by atoms with Gasteiger partial charge in [-0.2, -0.15) is 0 Å². The summed E-state index contributed by atoms with van der Waals surface area (Å²) in [6.07, 6.45) is 2.05. The number of urea groups is 1. The number of methoxy groups -OCH3 is 1. The van der Waals surface area contributed by atoms with Crippen molar-refractivity contribution in [3.63, 3.8) is 0 Å². The predicted molar refractivity (Wildman–Crippen MR) is 85.1 cm³/mol. The summed E-state index contributed by atoms with van der Waals surface area (Å²) in [6, 6.07) is 5.92. The molecule has 0 bridgehead atoms. The standard InChI is InChI=1S/C15H23BrN2O2/c1-5-6-11(2)17-15(19)18(3)10-12-9-13(16)7-8-14(12)20-4/h7-9,11H,5-6,10H2,1-4H3,(H,17,19). The Labute approximate surface area is 129 Å². The van der Waals surface area contributed by atoms with Gasteiger partial charge in [0.05, 0.1) is 13.7 Å². The van der Waals surface area contributed by atoms with Gasteiger partial charge in [-0.15, -0.1) is 0 Å². The number of hydrogen-bond acceptors (Lipinski definition) is 2. The third-order valence-electron chi connectivity index (χ3n) is 3.09. The molecule has 1 N–H and O–H groups in total. The van der Waals surface area contributed by atoms with E-state index in [2.05, 4.69) is 28.2 Å². The molecule has 112 valence electrons. The average Bonchev–Trinajstić information content (AvgIpc) is 2.39. The van der Waals surface area contributed by atoms with Gasteiger partial charge in [0.25, 0.3) is 0 Å². The number of nitrogens with one attached hydrogen (secondary N) is 1. The van der Waals surface area contributed by atoms with Crippen molar-refractivity contribution in [2.24, 2.45) is 0 Å². The Morgan fingerprint density at radius 2 is 2.20 bits per heavy atom. The van der Waals surface area contributed by atoms with Crippen LogP contribution in [0.1, 0.15) is 32.3 Å². The predicted octanol–water partition coefficient (Wildman–Crippen LogP) is 3.79. The number of amides is 2. The fourth-order valence-electron chi connectivity index (χ4n) is 2.02. The number of ether oxygens (including phenoxy) is 1. The molecule has 0 aliphatic carbocycles. The highest BCUT2D eigenvalue weighted by Crippen LogP contribution is 2.24. The van der Waals surface area contributed by atoms with Crippen LogP contribution in [0.5, 0.6) is 5.75 Å². The maximum Gasteiger partial charge on any atom is 0.317 e. The van der Waals surface area contributed by atoms with E-state index in [1.807, 2.05) is 25.1 Å². The van der Waals surface area contributed by atoms with Crippen LogP contribution in [-0.4, -0.2) is 31.1 Å². The van der Waals surface area contributed by atoms with Crippen molar-refractivity contribution in [2.75, 3.05) is 14.2 Å². The van der Waals surface area contributed by atoms with Gasteiger partial charge in [0.1, 0.15) is 5.75 Å². The molecular formula is C15H23BrN2O2. The Morgan fingerprint density at radius 3 is 2.80 bits per heavy atom. The second-order valence-electron chi connectivity index (χ2n) is 4.95. The van der Waals surface area contributed by atoms with Gasteiger partial charge in [0, 0.05) is 23.1 Å². The third kappa shape index (κ3) is 5.04. The van der Waals surface area contributed by atoms with Crippen LogP contribution in [-0.2, 0) is 6.54 Å². The molecule has 5 heteroatoms. The summed E-state index contributed by atoms with van der Waals surface area (Å²) in [7, 11) is 3.42. The van der Waals surface area contributed by atoms with Crippen LogP contribution in [0.3, 0.4) is 0 Å². The second kappa shape index (κ2) is 8.15. The summed E-state index contributed by atoms with van der Waals surface area (Å²) in [5.41, 5.74) is 0.975. The lowest BCUT2D eigenvalue weighted by Crippen LogP contribution is -2.41. The van der Waals surface area contributed by atoms with Crippen molar-refractivity contribution in [1.29, 1.82) is 0 Å². The minimum Gasteiger partial charge on any atom is -0.496 e. The fraction of sp³-hybridized carbons (Fsp3) is 0.533. The van der Waals surface area contributed by atoms with Crippen molar-refractivity contribution in [2.45, 2.75) is 39.3 Å².